The molecule has 1 heterocycles. The third kappa shape index (κ3) is 2.83. The maximum atomic E-state index is 9.64. The number of nitrogens with zero attached hydrogens (tertiary/aromatic N) is 2. The molecule has 0 saturated carbocycles. The summed E-state index contributed by atoms with van der Waals surface area (Å²) in [5.74, 6) is 1.33. The third-order valence-electron chi connectivity index (χ3n) is 2.93. The van der Waals surface area contributed by atoms with E-state index in [2.05, 4.69) is 21.8 Å². The lowest BCUT2D eigenvalue weighted by atomic mass is 10.2. The second-order valence-electron chi connectivity index (χ2n) is 4.39. The summed E-state index contributed by atoms with van der Waals surface area (Å²) in [4.78, 5) is 4.33. The van der Waals surface area contributed by atoms with Gasteiger partial charge in [0, 0.05) is 30.7 Å². The van der Waals surface area contributed by atoms with Gasteiger partial charge in [-0.25, -0.2) is 4.98 Å². The van der Waals surface area contributed by atoms with Crippen LogP contribution in [0.5, 0.6) is 5.75 Å². The number of nitrogens with one attached hydrogen (secondary N) is 1. The molecule has 18 heavy (non-hydrogen) atoms. The first-order chi connectivity index (χ1) is 8.70. The van der Waals surface area contributed by atoms with Gasteiger partial charge < -0.3 is 15.0 Å². The van der Waals surface area contributed by atoms with Crippen LogP contribution < -0.4 is 5.32 Å². The molecule has 0 radical (unpaired) electrons. The Bertz CT molecular complexity index is 520. The SMILES string of the molecule is CCCn1ccnc1CNc1ccc(C)c(O)c1. The van der Waals surface area contributed by atoms with E-state index in [1.807, 2.05) is 31.5 Å². The number of hydrogen-bond acceptors (Lipinski definition) is 3. The van der Waals surface area contributed by atoms with E-state index in [0.29, 0.717) is 12.3 Å². The van der Waals surface area contributed by atoms with Crippen LogP contribution in [0.4, 0.5) is 5.69 Å². The zero-order valence-electron chi connectivity index (χ0n) is 10.8. The Morgan fingerprint density at radius 3 is 2.94 bits per heavy atom. The lowest BCUT2D eigenvalue weighted by Crippen LogP contribution is -2.08. The number of hydrogen-bond donors (Lipinski definition) is 2. The van der Waals surface area contributed by atoms with Gasteiger partial charge in [-0.2, -0.15) is 0 Å². The maximum absolute atomic E-state index is 9.64. The van der Waals surface area contributed by atoms with Crippen LogP contribution in [-0.2, 0) is 13.1 Å². The molecule has 0 aliphatic carbocycles. The monoisotopic (exact) mass is 245 g/mol. The molecule has 0 amide bonds. The second-order valence-corrected chi connectivity index (χ2v) is 4.39. The molecule has 2 N–H and O–H groups in total. The van der Waals surface area contributed by atoms with Crippen molar-refractivity contribution in [1.29, 1.82) is 0 Å². The molecule has 2 rings (SSSR count). The van der Waals surface area contributed by atoms with Crippen LogP contribution in [0.2, 0.25) is 0 Å². The van der Waals surface area contributed by atoms with Crippen molar-refractivity contribution in [3.8, 4) is 5.75 Å². The van der Waals surface area contributed by atoms with Gasteiger partial charge in [0.25, 0.3) is 0 Å². The number of imidazole rings is 1. The fourth-order valence-corrected chi connectivity index (χ4v) is 1.85. The second kappa shape index (κ2) is 5.58. The molecule has 4 heteroatoms. The van der Waals surface area contributed by atoms with E-state index in [-0.39, 0.29) is 0 Å². The summed E-state index contributed by atoms with van der Waals surface area (Å²) < 4.78 is 2.14. The number of rotatable bonds is 5. The number of aryl methyl sites for hydroxylation is 2. The number of anilines is 1. The highest BCUT2D eigenvalue weighted by Crippen LogP contribution is 2.21. The quantitative estimate of drug-likeness (QED) is 0.851. The first-order valence-electron chi connectivity index (χ1n) is 6.24. The van der Waals surface area contributed by atoms with Gasteiger partial charge in [0.05, 0.1) is 6.54 Å². The maximum Gasteiger partial charge on any atom is 0.128 e. The van der Waals surface area contributed by atoms with Crippen molar-refractivity contribution in [2.75, 3.05) is 5.32 Å². The largest absolute Gasteiger partial charge is 0.508 e. The van der Waals surface area contributed by atoms with Crippen LogP contribution >= 0.6 is 0 Å². The van der Waals surface area contributed by atoms with Crippen molar-refractivity contribution in [2.45, 2.75) is 33.4 Å². The smallest absolute Gasteiger partial charge is 0.128 e. The molecule has 1 aromatic heterocycles. The van der Waals surface area contributed by atoms with E-state index in [1.54, 1.807) is 6.07 Å². The minimum atomic E-state index is 0.317. The first kappa shape index (κ1) is 12.5. The van der Waals surface area contributed by atoms with Crippen LogP contribution in [0.15, 0.2) is 30.6 Å². The predicted molar refractivity (Wildman–Crippen MR) is 72.7 cm³/mol. The summed E-state index contributed by atoms with van der Waals surface area (Å²) in [6, 6.07) is 5.60. The average molecular weight is 245 g/mol. The molecule has 0 atom stereocenters. The Labute approximate surface area is 107 Å². The summed E-state index contributed by atoms with van der Waals surface area (Å²) in [7, 11) is 0. The van der Waals surface area contributed by atoms with Crippen molar-refractivity contribution in [2.24, 2.45) is 0 Å². The molecular weight excluding hydrogens is 226 g/mol. The fraction of sp³-hybridized carbons (Fsp3) is 0.357. The van der Waals surface area contributed by atoms with Crippen molar-refractivity contribution >= 4 is 5.69 Å². The lowest BCUT2D eigenvalue weighted by molar-refractivity contribution is 0.471. The molecule has 0 spiro atoms. The van der Waals surface area contributed by atoms with E-state index < -0.39 is 0 Å². The van der Waals surface area contributed by atoms with Gasteiger partial charge in [-0.15, -0.1) is 0 Å². The highest BCUT2D eigenvalue weighted by molar-refractivity contribution is 5.50. The van der Waals surface area contributed by atoms with Crippen molar-refractivity contribution in [3.05, 3.63) is 42.0 Å². The van der Waals surface area contributed by atoms with Gasteiger partial charge in [0.1, 0.15) is 11.6 Å². The number of benzene rings is 1. The Morgan fingerprint density at radius 2 is 2.22 bits per heavy atom. The van der Waals surface area contributed by atoms with Gasteiger partial charge in [-0.1, -0.05) is 13.0 Å². The average Bonchev–Trinajstić information content (AvgIpc) is 2.79. The van der Waals surface area contributed by atoms with E-state index >= 15 is 0 Å². The molecule has 0 bridgehead atoms. The van der Waals surface area contributed by atoms with E-state index in [9.17, 15) is 5.11 Å². The van der Waals surface area contributed by atoms with Crippen LogP contribution in [0.3, 0.4) is 0 Å². The zero-order chi connectivity index (χ0) is 13.0. The van der Waals surface area contributed by atoms with Crippen LogP contribution in [0.25, 0.3) is 0 Å². The molecule has 2 aromatic rings. The Hall–Kier alpha value is -1.97. The number of phenols is 1. The minimum Gasteiger partial charge on any atom is -0.508 e. The summed E-state index contributed by atoms with van der Waals surface area (Å²) in [6.45, 7) is 5.67. The van der Waals surface area contributed by atoms with Gasteiger partial charge in [-0.3, -0.25) is 0 Å². The first-order valence-corrected chi connectivity index (χ1v) is 6.24. The normalized spacial score (nSPS) is 10.6. The van der Waals surface area contributed by atoms with Gasteiger partial charge in [0.15, 0.2) is 0 Å². The lowest BCUT2D eigenvalue weighted by Gasteiger charge is -2.09. The standard InChI is InChI=1S/C14H19N3O/c1-3-7-17-8-6-15-14(17)10-16-12-5-4-11(2)13(18)9-12/h4-6,8-9,16,18H,3,7,10H2,1-2H3. The van der Waals surface area contributed by atoms with Gasteiger partial charge in [-0.05, 0) is 25.0 Å². The van der Waals surface area contributed by atoms with Crippen molar-refractivity contribution in [1.82, 2.24) is 9.55 Å². The predicted octanol–water partition coefficient (Wildman–Crippen LogP) is 2.92. The molecule has 0 fully saturated rings. The molecular formula is C14H19N3O. The highest BCUT2D eigenvalue weighted by atomic mass is 16.3. The molecule has 96 valence electrons. The van der Waals surface area contributed by atoms with Gasteiger partial charge in [0.2, 0.25) is 0 Å². The minimum absolute atomic E-state index is 0.317. The van der Waals surface area contributed by atoms with Crippen LogP contribution in [0, 0.1) is 6.92 Å². The van der Waals surface area contributed by atoms with E-state index in [0.717, 1.165) is 30.0 Å². The Balaban J connectivity index is 2.02. The summed E-state index contributed by atoms with van der Waals surface area (Å²) in [5, 5.41) is 12.9. The molecule has 4 nitrogen and oxygen atoms in total. The summed E-state index contributed by atoms with van der Waals surface area (Å²) in [5.41, 5.74) is 1.79. The summed E-state index contributed by atoms with van der Waals surface area (Å²) in [6.07, 6.45) is 4.90. The van der Waals surface area contributed by atoms with E-state index in [4.69, 9.17) is 0 Å². The van der Waals surface area contributed by atoms with Crippen molar-refractivity contribution in [3.63, 3.8) is 0 Å². The van der Waals surface area contributed by atoms with Crippen LogP contribution in [0.1, 0.15) is 24.7 Å². The Kier molecular flexibility index (Phi) is 3.87. The summed E-state index contributed by atoms with van der Waals surface area (Å²) >= 11 is 0. The Morgan fingerprint density at radius 1 is 1.39 bits per heavy atom. The number of phenolic OH excluding ortho intramolecular Hbond substituents is 1. The molecule has 0 unspecified atom stereocenters. The molecule has 1 aromatic carbocycles. The van der Waals surface area contributed by atoms with Crippen LogP contribution in [-0.4, -0.2) is 14.7 Å². The molecule has 0 aliphatic rings. The van der Waals surface area contributed by atoms with Gasteiger partial charge >= 0.3 is 0 Å². The van der Waals surface area contributed by atoms with Crippen molar-refractivity contribution < 1.29 is 5.11 Å². The fourth-order valence-electron chi connectivity index (χ4n) is 1.85. The molecule has 0 saturated heterocycles. The molecule has 0 aliphatic heterocycles. The van der Waals surface area contributed by atoms with E-state index in [1.165, 1.54) is 0 Å². The third-order valence-corrected chi connectivity index (χ3v) is 2.93. The highest BCUT2D eigenvalue weighted by Gasteiger charge is 2.03. The number of aromatic nitrogens is 2. The zero-order valence-corrected chi connectivity index (χ0v) is 10.8. The topological polar surface area (TPSA) is 50.1 Å². The number of aromatic hydroxyl groups is 1.